The predicted octanol–water partition coefficient (Wildman–Crippen LogP) is 0.803. The average molecular weight is 275 g/mol. The van der Waals surface area contributed by atoms with Crippen LogP contribution in [0.4, 0.5) is 0 Å². The van der Waals surface area contributed by atoms with Crippen molar-refractivity contribution in [2.24, 2.45) is 5.73 Å². The van der Waals surface area contributed by atoms with Crippen LogP contribution in [0.1, 0.15) is 36.0 Å². The lowest BCUT2D eigenvalue weighted by atomic mass is 9.91. The van der Waals surface area contributed by atoms with Gasteiger partial charge in [-0.05, 0) is 25.0 Å². The van der Waals surface area contributed by atoms with Gasteiger partial charge in [-0.3, -0.25) is 9.59 Å². The van der Waals surface area contributed by atoms with Gasteiger partial charge in [0.05, 0.1) is 6.54 Å². The summed E-state index contributed by atoms with van der Waals surface area (Å²) >= 11 is 0. The summed E-state index contributed by atoms with van der Waals surface area (Å²) in [5.41, 5.74) is 6.52. The molecular formula is C15H21N3O2. The number of carbonyl (C=O) groups excluding carboxylic acids is 2. The minimum Gasteiger partial charge on any atom is -0.350 e. The number of nitrogens with two attached hydrogens (primary N) is 1. The zero-order chi connectivity index (χ0) is 14.4. The van der Waals surface area contributed by atoms with E-state index < -0.39 is 0 Å². The molecule has 2 atom stereocenters. The molecule has 5 heteroatoms. The number of amides is 2. The van der Waals surface area contributed by atoms with Crippen LogP contribution in [0.25, 0.3) is 0 Å². The second-order valence-corrected chi connectivity index (χ2v) is 5.17. The number of rotatable bonds is 4. The van der Waals surface area contributed by atoms with Crippen LogP contribution in [-0.4, -0.2) is 30.4 Å². The molecule has 1 aliphatic carbocycles. The highest BCUT2D eigenvalue weighted by Crippen LogP contribution is 2.16. The van der Waals surface area contributed by atoms with Crippen LogP contribution in [0.15, 0.2) is 30.3 Å². The second-order valence-electron chi connectivity index (χ2n) is 5.17. The van der Waals surface area contributed by atoms with Gasteiger partial charge in [-0.1, -0.05) is 31.0 Å². The molecule has 0 spiro atoms. The molecule has 20 heavy (non-hydrogen) atoms. The topological polar surface area (TPSA) is 84.2 Å². The Balaban J connectivity index is 1.76. The molecule has 1 aliphatic rings. The van der Waals surface area contributed by atoms with Crippen LogP contribution in [0.5, 0.6) is 0 Å². The van der Waals surface area contributed by atoms with Crippen molar-refractivity contribution >= 4 is 11.8 Å². The predicted molar refractivity (Wildman–Crippen MR) is 77.1 cm³/mol. The summed E-state index contributed by atoms with van der Waals surface area (Å²) in [6, 6.07) is 8.90. The van der Waals surface area contributed by atoms with Crippen molar-refractivity contribution < 1.29 is 9.59 Å². The highest BCUT2D eigenvalue weighted by Gasteiger charge is 2.23. The Labute approximate surface area is 118 Å². The number of hydrogen-bond acceptors (Lipinski definition) is 3. The molecule has 0 aromatic heterocycles. The van der Waals surface area contributed by atoms with Gasteiger partial charge in [0.25, 0.3) is 5.91 Å². The molecule has 0 unspecified atom stereocenters. The zero-order valence-electron chi connectivity index (χ0n) is 11.5. The first-order valence-electron chi connectivity index (χ1n) is 7.05. The third-order valence-electron chi connectivity index (χ3n) is 3.61. The number of hydrogen-bond donors (Lipinski definition) is 3. The molecule has 0 radical (unpaired) electrons. The van der Waals surface area contributed by atoms with E-state index in [1.54, 1.807) is 24.3 Å². The number of carbonyl (C=O) groups is 2. The molecule has 2 amide bonds. The summed E-state index contributed by atoms with van der Waals surface area (Å²) in [7, 11) is 0. The molecule has 1 aromatic rings. The van der Waals surface area contributed by atoms with E-state index in [1.165, 1.54) is 0 Å². The van der Waals surface area contributed by atoms with E-state index in [2.05, 4.69) is 10.6 Å². The van der Waals surface area contributed by atoms with Gasteiger partial charge < -0.3 is 16.4 Å². The summed E-state index contributed by atoms with van der Waals surface area (Å²) < 4.78 is 0. The molecule has 108 valence electrons. The van der Waals surface area contributed by atoms with E-state index in [0.29, 0.717) is 5.56 Å². The Bertz CT molecular complexity index is 461. The third-order valence-corrected chi connectivity index (χ3v) is 3.61. The summed E-state index contributed by atoms with van der Waals surface area (Å²) in [6.07, 6.45) is 4.08. The van der Waals surface area contributed by atoms with Gasteiger partial charge in [0.1, 0.15) is 0 Å². The third kappa shape index (κ3) is 4.06. The van der Waals surface area contributed by atoms with E-state index in [9.17, 15) is 9.59 Å². The minimum atomic E-state index is -0.242. The first-order chi connectivity index (χ1) is 9.66. The fourth-order valence-electron chi connectivity index (χ4n) is 2.45. The minimum absolute atomic E-state index is 0.0169. The van der Waals surface area contributed by atoms with Crippen LogP contribution >= 0.6 is 0 Å². The Morgan fingerprint density at radius 2 is 1.85 bits per heavy atom. The average Bonchev–Trinajstić information content (AvgIpc) is 2.48. The first-order valence-corrected chi connectivity index (χ1v) is 7.05. The first kappa shape index (κ1) is 14.5. The Kier molecular flexibility index (Phi) is 5.12. The Morgan fingerprint density at radius 1 is 1.15 bits per heavy atom. The van der Waals surface area contributed by atoms with Crippen LogP contribution in [-0.2, 0) is 4.79 Å². The lowest BCUT2D eigenvalue weighted by molar-refractivity contribution is -0.121. The molecular weight excluding hydrogens is 254 g/mol. The monoisotopic (exact) mass is 275 g/mol. The van der Waals surface area contributed by atoms with Gasteiger partial charge >= 0.3 is 0 Å². The van der Waals surface area contributed by atoms with Crippen molar-refractivity contribution in [1.29, 1.82) is 0 Å². The van der Waals surface area contributed by atoms with Crippen LogP contribution in [0.2, 0.25) is 0 Å². The van der Waals surface area contributed by atoms with Gasteiger partial charge in [-0.25, -0.2) is 0 Å². The van der Waals surface area contributed by atoms with Crippen molar-refractivity contribution in [3.05, 3.63) is 35.9 Å². The lowest BCUT2D eigenvalue weighted by Gasteiger charge is -2.29. The van der Waals surface area contributed by atoms with E-state index in [-0.39, 0.29) is 30.4 Å². The summed E-state index contributed by atoms with van der Waals surface area (Å²) in [5, 5.41) is 5.51. The van der Waals surface area contributed by atoms with Crippen molar-refractivity contribution in [3.8, 4) is 0 Å². The molecule has 0 heterocycles. The number of benzene rings is 1. The fourth-order valence-corrected chi connectivity index (χ4v) is 2.45. The molecule has 1 aromatic carbocycles. The highest BCUT2D eigenvalue weighted by molar-refractivity contribution is 5.96. The van der Waals surface area contributed by atoms with Gasteiger partial charge in [0.2, 0.25) is 5.91 Å². The molecule has 5 nitrogen and oxygen atoms in total. The van der Waals surface area contributed by atoms with Crippen molar-refractivity contribution in [2.45, 2.75) is 37.8 Å². The van der Waals surface area contributed by atoms with Gasteiger partial charge in [0, 0.05) is 17.6 Å². The SMILES string of the molecule is N[C@@H]1CCCC[C@H]1NC(=O)CNC(=O)c1ccccc1. The van der Waals surface area contributed by atoms with E-state index in [1.807, 2.05) is 6.07 Å². The van der Waals surface area contributed by atoms with Crippen molar-refractivity contribution in [3.63, 3.8) is 0 Å². The Morgan fingerprint density at radius 3 is 2.55 bits per heavy atom. The van der Waals surface area contributed by atoms with E-state index >= 15 is 0 Å². The van der Waals surface area contributed by atoms with Crippen molar-refractivity contribution in [2.75, 3.05) is 6.54 Å². The maximum atomic E-state index is 11.8. The Hall–Kier alpha value is -1.88. The largest absolute Gasteiger partial charge is 0.350 e. The summed E-state index contributed by atoms with van der Waals surface area (Å²) in [5.74, 6) is -0.426. The zero-order valence-corrected chi connectivity index (χ0v) is 11.5. The maximum Gasteiger partial charge on any atom is 0.251 e. The highest BCUT2D eigenvalue weighted by atomic mass is 16.2. The van der Waals surface area contributed by atoms with Gasteiger partial charge in [-0.15, -0.1) is 0 Å². The lowest BCUT2D eigenvalue weighted by Crippen LogP contribution is -2.51. The van der Waals surface area contributed by atoms with Crippen LogP contribution < -0.4 is 16.4 Å². The van der Waals surface area contributed by atoms with Crippen LogP contribution in [0, 0.1) is 0 Å². The number of nitrogens with one attached hydrogen (secondary N) is 2. The molecule has 0 aliphatic heterocycles. The van der Waals surface area contributed by atoms with Crippen molar-refractivity contribution in [1.82, 2.24) is 10.6 Å². The van der Waals surface area contributed by atoms with Crippen LogP contribution in [0.3, 0.4) is 0 Å². The normalized spacial score (nSPS) is 22.1. The van der Waals surface area contributed by atoms with Gasteiger partial charge in [-0.2, -0.15) is 0 Å². The van der Waals surface area contributed by atoms with Gasteiger partial charge in [0.15, 0.2) is 0 Å². The molecule has 4 N–H and O–H groups in total. The summed E-state index contributed by atoms with van der Waals surface area (Å²) in [4.78, 5) is 23.6. The van der Waals surface area contributed by atoms with E-state index in [4.69, 9.17) is 5.73 Å². The molecule has 0 saturated heterocycles. The quantitative estimate of drug-likeness (QED) is 0.760. The standard InChI is InChI=1S/C15H21N3O2/c16-12-8-4-5-9-13(12)18-14(19)10-17-15(20)11-6-2-1-3-7-11/h1-3,6-7,12-13H,4-5,8-10,16H2,(H,17,20)(H,18,19)/t12-,13-/m1/s1. The molecule has 1 saturated carbocycles. The maximum absolute atomic E-state index is 11.8. The smallest absolute Gasteiger partial charge is 0.251 e. The summed E-state index contributed by atoms with van der Waals surface area (Å²) in [6.45, 7) is -0.0169. The molecule has 1 fully saturated rings. The van der Waals surface area contributed by atoms with E-state index in [0.717, 1.165) is 25.7 Å². The fraction of sp³-hybridized carbons (Fsp3) is 0.467. The second kappa shape index (κ2) is 7.05. The molecule has 2 rings (SSSR count). The molecule has 0 bridgehead atoms.